The highest BCUT2D eigenvalue weighted by molar-refractivity contribution is 7.19. The third-order valence-corrected chi connectivity index (χ3v) is 4.01. The molecule has 0 aliphatic heterocycles. The summed E-state index contributed by atoms with van der Waals surface area (Å²) < 4.78 is 1.34. The Morgan fingerprint density at radius 2 is 1.71 bits per heavy atom. The van der Waals surface area contributed by atoms with E-state index >= 15 is 0 Å². The van der Waals surface area contributed by atoms with Gasteiger partial charge >= 0.3 is 0 Å². The average molecular weight is 239 g/mol. The molecule has 0 aliphatic rings. The minimum atomic E-state index is 0.880. The maximum atomic E-state index is 5.97. The van der Waals surface area contributed by atoms with Crippen molar-refractivity contribution < 1.29 is 0 Å². The summed E-state index contributed by atoms with van der Waals surface area (Å²) in [5.41, 5.74) is 8.05. The van der Waals surface area contributed by atoms with E-state index in [0.717, 1.165) is 12.1 Å². The maximum absolute atomic E-state index is 5.97. The molecule has 0 saturated heterocycles. The Morgan fingerprint density at radius 3 is 2.53 bits per heavy atom. The lowest BCUT2D eigenvalue weighted by atomic mass is 10.1. The first kappa shape index (κ1) is 10.4. The van der Waals surface area contributed by atoms with E-state index in [2.05, 4.69) is 36.4 Å². The summed E-state index contributed by atoms with van der Waals surface area (Å²) in [7, 11) is 0. The number of hydrogen-bond donors (Lipinski definition) is 1. The molecule has 3 aromatic rings. The number of para-hydroxylation sites is 1. The van der Waals surface area contributed by atoms with Gasteiger partial charge in [-0.15, -0.1) is 11.3 Å². The molecule has 1 aromatic heterocycles. The molecule has 1 heterocycles. The molecule has 2 N–H and O–H groups in total. The lowest BCUT2D eigenvalue weighted by Crippen LogP contribution is -1.93. The molecule has 0 bridgehead atoms. The third kappa shape index (κ3) is 2.04. The van der Waals surface area contributed by atoms with Crippen LogP contribution in [0.1, 0.15) is 10.4 Å². The molecular formula is C15H13NS. The second-order valence-corrected chi connectivity index (χ2v) is 5.29. The van der Waals surface area contributed by atoms with Gasteiger partial charge in [-0.1, -0.05) is 36.4 Å². The normalized spacial score (nSPS) is 10.8. The molecule has 0 aliphatic carbocycles. The van der Waals surface area contributed by atoms with Crippen LogP contribution < -0.4 is 5.73 Å². The molecule has 2 aromatic carbocycles. The van der Waals surface area contributed by atoms with E-state index < -0.39 is 0 Å². The van der Waals surface area contributed by atoms with E-state index in [1.165, 1.54) is 20.5 Å². The number of fused-ring (bicyclic) bond motifs is 1. The van der Waals surface area contributed by atoms with Crippen LogP contribution in [0, 0.1) is 0 Å². The molecule has 0 radical (unpaired) electrons. The Balaban J connectivity index is 1.98. The van der Waals surface area contributed by atoms with Gasteiger partial charge in [0.25, 0.3) is 0 Å². The van der Waals surface area contributed by atoms with Crippen molar-refractivity contribution in [1.29, 1.82) is 0 Å². The second-order valence-electron chi connectivity index (χ2n) is 4.13. The van der Waals surface area contributed by atoms with Crippen LogP contribution in [0.4, 0.5) is 5.69 Å². The summed E-state index contributed by atoms with van der Waals surface area (Å²) in [5.74, 6) is 0. The van der Waals surface area contributed by atoms with Crippen molar-refractivity contribution in [2.75, 3.05) is 5.73 Å². The number of benzene rings is 2. The zero-order valence-electron chi connectivity index (χ0n) is 9.39. The highest BCUT2D eigenvalue weighted by Gasteiger charge is 2.04. The van der Waals surface area contributed by atoms with Crippen LogP contribution in [0.3, 0.4) is 0 Å². The quantitative estimate of drug-likeness (QED) is 0.670. The minimum Gasteiger partial charge on any atom is -0.398 e. The van der Waals surface area contributed by atoms with Crippen molar-refractivity contribution >= 4 is 27.1 Å². The van der Waals surface area contributed by atoms with Crippen molar-refractivity contribution in [1.82, 2.24) is 0 Å². The monoisotopic (exact) mass is 239 g/mol. The van der Waals surface area contributed by atoms with E-state index in [1.807, 2.05) is 29.5 Å². The van der Waals surface area contributed by atoms with Gasteiger partial charge in [0, 0.05) is 21.7 Å². The van der Waals surface area contributed by atoms with E-state index in [-0.39, 0.29) is 0 Å². The van der Waals surface area contributed by atoms with Crippen LogP contribution in [0.5, 0.6) is 0 Å². The summed E-state index contributed by atoms with van der Waals surface area (Å²) in [6, 6.07) is 18.8. The molecular weight excluding hydrogens is 226 g/mol. The Bertz CT molecular complexity index is 622. The summed E-state index contributed by atoms with van der Waals surface area (Å²) >= 11 is 1.85. The molecule has 2 heteroatoms. The number of anilines is 1. The van der Waals surface area contributed by atoms with Crippen molar-refractivity contribution in [3.63, 3.8) is 0 Å². The zero-order valence-corrected chi connectivity index (χ0v) is 10.2. The molecule has 0 spiro atoms. The van der Waals surface area contributed by atoms with Crippen molar-refractivity contribution in [3.05, 3.63) is 65.0 Å². The fourth-order valence-corrected chi connectivity index (χ4v) is 3.09. The fourth-order valence-electron chi connectivity index (χ4n) is 2.01. The van der Waals surface area contributed by atoms with Gasteiger partial charge in [0.05, 0.1) is 0 Å². The molecule has 0 fully saturated rings. The van der Waals surface area contributed by atoms with Crippen LogP contribution in [0.15, 0.2) is 54.6 Å². The summed E-state index contributed by atoms with van der Waals surface area (Å²) in [6.07, 6.45) is 0.923. The van der Waals surface area contributed by atoms with Gasteiger partial charge in [-0.25, -0.2) is 0 Å². The highest BCUT2D eigenvalue weighted by Crippen LogP contribution is 2.28. The summed E-state index contributed by atoms with van der Waals surface area (Å²) in [6.45, 7) is 0. The number of hydrogen-bond acceptors (Lipinski definition) is 2. The van der Waals surface area contributed by atoms with E-state index in [4.69, 9.17) is 5.73 Å². The smallest absolute Gasteiger partial charge is 0.0350 e. The molecule has 0 saturated carbocycles. The Kier molecular flexibility index (Phi) is 2.57. The van der Waals surface area contributed by atoms with Gasteiger partial charge in [-0.05, 0) is 29.1 Å². The average Bonchev–Trinajstić information content (AvgIpc) is 2.74. The van der Waals surface area contributed by atoms with Crippen LogP contribution >= 0.6 is 11.3 Å². The lowest BCUT2D eigenvalue weighted by Gasteiger charge is -2.02. The Labute approximate surface area is 105 Å². The minimum absolute atomic E-state index is 0.880. The highest BCUT2D eigenvalue weighted by atomic mass is 32.1. The largest absolute Gasteiger partial charge is 0.398 e. The first-order valence-electron chi connectivity index (χ1n) is 5.64. The molecule has 1 nitrogen and oxygen atoms in total. The van der Waals surface area contributed by atoms with E-state index in [9.17, 15) is 0 Å². The fraction of sp³-hybridized carbons (Fsp3) is 0.0667. The molecule has 0 atom stereocenters. The molecule has 17 heavy (non-hydrogen) atoms. The maximum Gasteiger partial charge on any atom is 0.0350 e. The standard InChI is InChI=1S/C15H13NS/c16-14-7-3-1-5-11(14)9-13-10-12-6-2-4-8-15(12)17-13/h1-8,10H,9,16H2. The Morgan fingerprint density at radius 1 is 0.941 bits per heavy atom. The Hall–Kier alpha value is -1.80. The van der Waals surface area contributed by atoms with Crippen LogP contribution in [0.2, 0.25) is 0 Å². The first-order chi connectivity index (χ1) is 8.33. The molecule has 3 rings (SSSR count). The molecule has 0 amide bonds. The summed E-state index contributed by atoms with van der Waals surface area (Å²) in [4.78, 5) is 1.36. The van der Waals surface area contributed by atoms with Gasteiger partial charge < -0.3 is 5.73 Å². The molecule has 84 valence electrons. The van der Waals surface area contributed by atoms with Crippen LogP contribution in [-0.4, -0.2) is 0 Å². The first-order valence-corrected chi connectivity index (χ1v) is 6.45. The number of nitrogen functional groups attached to an aromatic ring is 1. The summed E-state index contributed by atoms with van der Waals surface area (Å²) in [5, 5.41) is 1.32. The van der Waals surface area contributed by atoms with E-state index in [0.29, 0.717) is 0 Å². The third-order valence-electron chi connectivity index (χ3n) is 2.90. The van der Waals surface area contributed by atoms with Gasteiger partial charge in [0.1, 0.15) is 0 Å². The van der Waals surface area contributed by atoms with Crippen molar-refractivity contribution in [2.45, 2.75) is 6.42 Å². The lowest BCUT2D eigenvalue weighted by molar-refractivity contribution is 1.25. The predicted octanol–water partition coefficient (Wildman–Crippen LogP) is 4.07. The van der Waals surface area contributed by atoms with Crippen LogP contribution in [-0.2, 0) is 6.42 Å². The van der Waals surface area contributed by atoms with Crippen molar-refractivity contribution in [3.8, 4) is 0 Å². The van der Waals surface area contributed by atoms with Crippen LogP contribution in [0.25, 0.3) is 10.1 Å². The zero-order chi connectivity index (χ0) is 11.7. The predicted molar refractivity (Wildman–Crippen MR) is 75.5 cm³/mol. The number of nitrogens with two attached hydrogens (primary N) is 1. The van der Waals surface area contributed by atoms with Gasteiger partial charge in [-0.3, -0.25) is 0 Å². The SMILES string of the molecule is Nc1ccccc1Cc1cc2ccccc2s1. The number of thiophene rings is 1. The number of rotatable bonds is 2. The van der Waals surface area contributed by atoms with Crippen molar-refractivity contribution in [2.24, 2.45) is 0 Å². The van der Waals surface area contributed by atoms with E-state index in [1.54, 1.807) is 0 Å². The van der Waals surface area contributed by atoms with Gasteiger partial charge in [0.2, 0.25) is 0 Å². The second kappa shape index (κ2) is 4.22. The molecule has 0 unspecified atom stereocenters. The topological polar surface area (TPSA) is 26.0 Å². The van der Waals surface area contributed by atoms with Gasteiger partial charge in [0.15, 0.2) is 0 Å². The van der Waals surface area contributed by atoms with Gasteiger partial charge in [-0.2, -0.15) is 0 Å².